The summed E-state index contributed by atoms with van der Waals surface area (Å²) in [6.07, 6.45) is 5.14. The van der Waals surface area contributed by atoms with Gasteiger partial charge in [-0.25, -0.2) is 0 Å². The van der Waals surface area contributed by atoms with Crippen molar-refractivity contribution in [1.82, 2.24) is 10.6 Å². The normalized spacial score (nSPS) is 29.2. The van der Waals surface area contributed by atoms with E-state index in [4.69, 9.17) is 12.2 Å². The van der Waals surface area contributed by atoms with Crippen LogP contribution in [-0.2, 0) is 4.79 Å². The van der Waals surface area contributed by atoms with Crippen molar-refractivity contribution in [3.05, 3.63) is 0 Å². The molecular weight excluding hydrogens is 174 g/mol. The fraction of sp³-hybridized carbons (Fsp3) is 0.571. The van der Waals surface area contributed by atoms with Crippen molar-refractivity contribution in [2.24, 2.45) is 5.73 Å². The summed E-state index contributed by atoms with van der Waals surface area (Å²) < 4.78 is 0. The molecule has 12 heavy (non-hydrogen) atoms. The fourth-order valence-electron chi connectivity index (χ4n) is 0.921. The molecule has 0 bridgehead atoms. The molecular formula is C7H11N3OS. The molecule has 1 saturated heterocycles. The highest BCUT2D eigenvalue weighted by molar-refractivity contribution is 8.00. The molecule has 0 aliphatic carbocycles. The van der Waals surface area contributed by atoms with Crippen LogP contribution in [0.4, 0.5) is 0 Å². The summed E-state index contributed by atoms with van der Waals surface area (Å²) in [5.41, 5.74) is 5.41. The van der Waals surface area contributed by atoms with Crippen molar-refractivity contribution in [2.75, 3.05) is 5.75 Å². The number of rotatable bonds is 2. The Kier molecular flexibility index (Phi) is 3.41. The van der Waals surface area contributed by atoms with Gasteiger partial charge in [-0.1, -0.05) is 5.92 Å². The van der Waals surface area contributed by atoms with E-state index in [-0.39, 0.29) is 17.6 Å². The summed E-state index contributed by atoms with van der Waals surface area (Å²) in [4.78, 5) is 11.0. The average Bonchev–Trinajstić information content (AvgIpc) is 1.99. The molecule has 1 heterocycles. The third-order valence-corrected chi connectivity index (χ3v) is 2.32. The van der Waals surface area contributed by atoms with E-state index in [2.05, 4.69) is 16.6 Å². The fourth-order valence-corrected chi connectivity index (χ4v) is 1.67. The van der Waals surface area contributed by atoms with E-state index in [0.717, 1.165) is 0 Å². The third-order valence-electron chi connectivity index (χ3n) is 1.40. The number of nitrogens with two attached hydrogens (primary N) is 1. The maximum atomic E-state index is 11.0. The zero-order chi connectivity index (χ0) is 8.97. The number of terminal acetylenes is 1. The van der Waals surface area contributed by atoms with Gasteiger partial charge in [0.25, 0.3) is 0 Å². The number of nitrogens with one attached hydrogen (secondary N) is 2. The number of carbonyl (C=O) groups excluding carboxylic acids is 1. The smallest absolute Gasteiger partial charge is 0.224 e. The van der Waals surface area contributed by atoms with Gasteiger partial charge in [-0.3, -0.25) is 10.1 Å². The van der Waals surface area contributed by atoms with Crippen LogP contribution < -0.4 is 16.4 Å². The van der Waals surface area contributed by atoms with Crippen LogP contribution in [0.5, 0.6) is 0 Å². The summed E-state index contributed by atoms with van der Waals surface area (Å²) in [6, 6.07) is 0. The quantitative estimate of drug-likeness (QED) is 0.484. The molecule has 0 aromatic carbocycles. The first-order chi connectivity index (χ1) is 5.72. The van der Waals surface area contributed by atoms with E-state index in [0.29, 0.717) is 12.2 Å². The van der Waals surface area contributed by atoms with Crippen molar-refractivity contribution in [3.63, 3.8) is 0 Å². The van der Waals surface area contributed by atoms with Gasteiger partial charge in [-0.15, -0.1) is 18.2 Å². The number of carbonyl (C=O) groups is 1. The second kappa shape index (κ2) is 4.36. The maximum absolute atomic E-state index is 11.0. The van der Waals surface area contributed by atoms with E-state index in [1.54, 1.807) is 0 Å². The summed E-state index contributed by atoms with van der Waals surface area (Å²) in [5.74, 6) is 3.00. The molecule has 0 radical (unpaired) electrons. The van der Waals surface area contributed by atoms with Gasteiger partial charge in [0.2, 0.25) is 5.91 Å². The first-order valence-corrected chi connectivity index (χ1v) is 4.63. The second-order valence-corrected chi connectivity index (χ2v) is 3.53. The zero-order valence-corrected chi connectivity index (χ0v) is 7.36. The van der Waals surface area contributed by atoms with Gasteiger partial charge in [0.05, 0.1) is 18.3 Å². The Labute approximate surface area is 75.6 Å². The lowest BCUT2D eigenvalue weighted by molar-refractivity contribution is -0.123. The molecule has 1 amide bonds. The maximum Gasteiger partial charge on any atom is 0.224 e. The largest absolute Gasteiger partial charge is 0.332 e. The summed E-state index contributed by atoms with van der Waals surface area (Å²) in [5, 5.41) is 5.71. The SMILES string of the molecule is C#CCSC1NC(=O)CC(N)N1. The molecule has 4 nitrogen and oxygen atoms in total. The highest BCUT2D eigenvalue weighted by Gasteiger charge is 2.22. The standard InChI is InChI=1S/C7H11N3OS/c1-2-3-12-7-9-5(8)4-6(11)10-7/h1,5,7,9H,3-4,8H2,(H,10,11). The highest BCUT2D eigenvalue weighted by atomic mass is 32.2. The first kappa shape index (κ1) is 9.39. The number of amides is 1. The van der Waals surface area contributed by atoms with Crippen molar-refractivity contribution in [1.29, 1.82) is 0 Å². The molecule has 4 N–H and O–H groups in total. The molecule has 1 aliphatic rings. The predicted octanol–water partition coefficient (Wildman–Crippen LogP) is -0.969. The van der Waals surface area contributed by atoms with Crippen LogP contribution in [-0.4, -0.2) is 23.3 Å². The van der Waals surface area contributed by atoms with Gasteiger partial charge in [-0.2, -0.15) is 0 Å². The number of thioether (sulfide) groups is 1. The summed E-state index contributed by atoms with van der Waals surface area (Å²) in [7, 11) is 0. The summed E-state index contributed by atoms with van der Waals surface area (Å²) >= 11 is 1.45. The predicted molar refractivity (Wildman–Crippen MR) is 48.9 cm³/mol. The molecule has 2 atom stereocenters. The van der Waals surface area contributed by atoms with Gasteiger partial charge in [-0.05, 0) is 0 Å². The zero-order valence-electron chi connectivity index (χ0n) is 6.54. The van der Waals surface area contributed by atoms with Crippen LogP contribution in [0, 0.1) is 12.3 Å². The lowest BCUT2D eigenvalue weighted by atomic mass is 10.3. The van der Waals surface area contributed by atoms with Crippen LogP contribution in [0.15, 0.2) is 0 Å². The van der Waals surface area contributed by atoms with Gasteiger partial charge in [0.15, 0.2) is 0 Å². The van der Waals surface area contributed by atoms with Gasteiger partial charge < -0.3 is 11.1 Å². The van der Waals surface area contributed by atoms with E-state index >= 15 is 0 Å². The van der Waals surface area contributed by atoms with Gasteiger partial charge in [0.1, 0.15) is 5.50 Å². The van der Waals surface area contributed by atoms with Crippen LogP contribution in [0.2, 0.25) is 0 Å². The van der Waals surface area contributed by atoms with Crippen LogP contribution >= 0.6 is 11.8 Å². The van der Waals surface area contributed by atoms with Crippen molar-refractivity contribution >= 4 is 17.7 Å². The Balaban J connectivity index is 2.35. The lowest BCUT2D eigenvalue weighted by Gasteiger charge is -2.28. The monoisotopic (exact) mass is 185 g/mol. The average molecular weight is 185 g/mol. The van der Waals surface area contributed by atoms with E-state index in [9.17, 15) is 4.79 Å². The van der Waals surface area contributed by atoms with Gasteiger partial charge in [0, 0.05) is 0 Å². The van der Waals surface area contributed by atoms with Gasteiger partial charge >= 0.3 is 0 Å². The molecule has 0 aromatic heterocycles. The van der Waals surface area contributed by atoms with Crippen LogP contribution in [0.1, 0.15) is 6.42 Å². The Hall–Kier alpha value is -0.700. The minimum Gasteiger partial charge on any atom is -0.332 e. The van der Waals surface area contributed by atoms with Crippen molar-refractivity contribution in [3.8, 4) is 12.3 Å². The molecule has 0 spiro atoms. The minimum atomic E-state index is -0.256. The first-order valence-electron chi connectivity index (χ1n) is 3.58. The Morgan fingerprint density at radius 3 is 3.17 bits per heavy atom. The molecule has 0 aromatic rings. The Morgan fingerprint density at radius 2 is 2.58 bits per heavy atom. The Bertz CT molecular complexity index is 213. The van der Waals surface area contributed by atoms with Crippen LogP contribution in [0.25, 0.3) is 0 Å². The van der Waals surface area contributed by atoms with Crippen molar-refractivity contribution in [2.45, 2.75) is 18.1 Å². The summed E-state index contributed by atoms with van der Waals surface area (Å²) in [6.45, 7) is 0. The Morgan fingerprint density at radius 1 is 1.83 bits per heavy atom. The second-order valence-electron chi connectivity index (χ2n) is 2.44. The minimum absolute atomic E-state index is 0.0317. The number of hydrogen-bond acceptors (Lipinski definition) is 4. The number of hydrogen-bond donors (Lipinski definition) is 3. The molecule has 2 unspecified atom stereocenters. The molecule has 1 fully saturated rings. The van der Waals surface area contributed by atoms with E-state index in [1.807, 2.05) is 0 Å². The van der Waals surface area contributed by atoms with E-state index < -0.39 is 0 Å². The third kappa shape index (κ3) is 2.74. The lowest BCUT2D eigenvalue weighted by Crippen LogP contribution is -2.58. The van der Waals surface area contributed by atoms with Crippen molar-refractivity contribution < 1.29 is 4.79 Å². The topological polar surface area (TPSA) is 67.2 Å². The molecule has 5 heteroatoms. The molecule has 66 valence electrons. The molecule has 1 rings (SSSR count). The molecule has 0 saturated carbocycles. The van der Waals surface area contributed by atoms with E-state index in [1.165, 1.54) is 11.8 Å². The molecule has 1 aliphatic heterocycles. The van der Waals surface area contributed by atoms with Crippen LogP contribution in [0.3, 0.4) is 0 Å². The highest BCUT2D eigenvalue weighted by Crippen LogP contribution is 2.08.